The van der Waals surface area contributed by atoms with Crippen molar-refractivity contribution >= 4 is 22.2 Å². The predicted octanol–water partition coefficient (Wildman–Crippen LogP) is 1.25. The first-order valence-corrected chi connectivity index (χ1v) is 6.11. The first kappa shape index (κ1) is 12.0. The number of amides is 1. The maximum absolute atomic E-state index is 12.0. The highest BCUT2D eigenvalue weighted by atomic mass is 32.1. The van der Waals surface area contributed by atoms with Crippen molar-refractivity contribution in [2.24, 2.45) is 0 Å². The van der Waals surface area contributed by atoms with Gasteiger partial charge in [-0.1, -0.05) is 11.3 Å². The summed E-state index contributed by atoms with van der Waals surface area (Å²) >= 11 is 0.872. The quantitative estimate of drug-likeness (QED) is 0.637. The molecule has 1 aromatic heterocycles. The molecule has 0 aliphatic carbocycles. The molecule has 92 valence electrons. The number of thiophene rings is 1. The third-order valence-corrected chi connectivity index (χ3v) is 3.69. The Morgan fingerprint density at radius 1 is 1.59 bits per heavy atom. The van der Waals surface area contributed by atoms with Crippen LogP contribution >= 0.6 is 11.3 Å². The summed E-state index contributed by atoms with van der Waals surface area (Å²) in [7, 11) is 0. The molecule has 7 heteroatoms. The van der Waals surface area contributed by atoms with E-state index >= 15 is 0 Å². The Bertz CT molecular complexity index is 445. The van der Waals surface area contributed by atoms with E-state index in [1.807, 2.05) is 0 Å². The van der Waals surface area contributed by atoms with Gasteiger partial charge in [-0.3, -0.25) is 14.9 Å². The van der Waals surface area contributed by atoms with Gasteiger partial charge in [-0.2, -0.15) is 0 Å². The van der Waals surface area contributed by atoms with Gasteiger partial charge in [0.2, 0.25) is 0 Å². The number of piperidine rings is 1. The first-order chi connectivity index (χ1) is 8.08. The molecule has 1 atom stereocenters. The number of carbonyl (C=O) groups is 1. The molecule has 1 amide bonds. The summed E-state index contributed by atoms with van der Waals surface area (Å²) in [6.07, 6.45) is 0.983. The molecule has 0 bridgehead atoms. The average molecular weight is 256 g/mol. The Morgan fingerprint density at radius 2 is 2.35 bits per heavy atom. The smallest absolute Gasteiger partial charge is 0.324 e. The number of rotatable bonds is 2. The lowest BCUT2D eigenvalue weighted by Gasteiger charge is -2.29. The minimum atomic E-state index is -0.507. The van der Waals surface area contributed by atoms with Crippen molar-refractivity contribution in [3.8, 4) is 0 Å². The Balaban J connectivity index is 2.10. The maximum atomic E-state index is 12.0. The third-order valence-electron chi connectivity index (χ3n) is 2.67. The van der Waals surface area contributed by atoms with Gasteiger partial charge in [0.15, 0.2) is 0 Å². The molecular weight excluding hydrogens is 244 g/mol. The highest BCUT2D eigenvalue weighted by Gasteiger charge is 2.25. The van der Waals surface area contributed by atoms with Crippen molar-refractivity contribution in [3.05, 3.63) is 27.1 Å². The summed E-state index contributed by atoms with van der Waals surface area (Å²) in [6, 6.07) is 2.80. The second-order valence-corrected chi connectivity index (χ2v) is 5.00. The van der Waals surface area contributed by atoms with Crippen LogP contribution in [0.3, 0.4) is 0 Å². The molecular formula is C10H12N2O4S. The van der Waals surface area contributed by atoms with Crippen molar-refractivity contribution in [3.63, 3.8) is 0 Å². The van der Waals surface area contributed by atoms with E-state index in [9.17, 15) is 20.0 Å². The van der Waals surface area contributed by atoms with Gasteiger partial charge < -0.3 is 10.0 Å². The van der Waals surface area contributed by atoms with E-state index in [1.165, 1.54) is 12.1 Å². The summed E-state index contributed by atoms with van der Waals surface area (Å²) in [5, 5.41) is 20.0. The van der Waals surface area contributed by atoms with Gasteiger partial charge in [-0.15, -0.1) is 0 Å². The molecule has 0 radical (unpaired) electrons. The zero-order valence-corrected chi connectivity index (χ0v) is 9.85. The fourth-order valence-corrected chi connectivity index (χ4v) is 2.62. The Hall–Kier alpha value is -1.47. The minimum Gasteiger partial charge on any atom is -0.391 e. The highest BCUT2D eigenvalue weighted by molar-refractivity contribution is 7.17. The van der Waals surface area contributed by atoms with Crippen molar-refractivity contribution in [1.82, 2.24) is 4.90 Å². The van der Waals surface area contributed by atoms with Crippen LogP contribution in [0.5, 0.6) is 0 Å². The van der Waals surface area contributed by atoms with Gasteiger partial charge in [0.1, 0.15) is 0 Å². The largest absolute Gasteiger partial charge is 0.391 e. The number of β-amino-alcohol motifs (C(OH)–C–C–N with tert-alkyl or cyclic N) is 1. The van der Waals surface area contributed by atoms with E-state index in [-0.39, 0.29) is 10.9 Å². The van der Waals surface area contributed by atoms with Gasteiger partial charge in [-0.25, -0.2) is 0 Å². The molecule has 0 unspecified atom stereocenters. The Kier molecular flexibility index (Phi) is 3.39. The molecule has 2 heterocycles. The van der Waals surface area contributed by atoms with Gasteiger partial charge in [-0.05, 0) is 18.9 Å². The summed E-state index contributed by atoms with van der Waals surface area (Å²) in [5.74, 6) is -0.234. The topological polar surface area (TPSA) is 83.7 Å². The van der Waals surface area contributed by atoms with E-state index in [1.54, 1.807) is 4.90 Å². The number of carbonyl (C=O) groups excluding carboxylic acids is 1. The number of aliphatic hydroxyl groups is 1. The lowest BCUT2D eigenvalue weighted by molar-refractivity contribution is -0.380. The van der Waals surface area contributed by atoms with Crippen LogP contribution in [0.1, 0.15) is 22.5 Å². The third kappa shape index (κ3) is 2.62. The molecule has 0 saturated carbocycles. The van der Waals surface area contributed by atoms with Crippen LogP contribution in [-0.2, 0) is 0 Å². The number of hydrogen-bond acceptors (Lipinski definition) is 5. The highest BCUT2D eigenvalue weighted by Crippen LogP contribution is 2.26. The van der Waals surface area contributed by atoms with Crippen LogP contribution in [0, 0.1) is 10.1 Å². The van der Waals surface area contributed by atoms with Crippen molar-refractivity contribution < 1.29 is 14.8 Å². The van der Waals surface area contributed by atoms with Gasteiger partial charge in [0, 0.05) is 19.2 Å². The van der Waals surface area contributed by atoms with E-state index in [2.05, 4.69) is 0 Å². The molecule has 17 heavy (non-hydrogen) atoms. The van der Waals surface area contributed by atoms with Crippen molar-refractivity contribution in [1.29, 1.82) is 0 Å². The second kappa shape index (κ2) is 4.80. The predicted molar refractivity (Wildman–Crippen MR) is 62.1 cm³/mol. The van der Waals surface area contributed by atoms with E-state index in [0.29, 0.717) is 24.4 Å². The van der Waals surface area contributed by atoms with Crippen molar-refractivity contribution in [2.45, 2.75) is 18.9 Å². The number of aliphatic hydroxyl groups excluding tert-OH is 1. The molecule has 1 aromatic rings. The standard InChI is InChI=1S/C10H12N2O4S/c13-7-2-1-5-11(6-7)10(14)8-3-4-9(17-8)12(15)16/h3-4,7,13H,1-2,5-6H2/t7-/m0/s1. The number of nitro groups is 1. The summed E-state index contributed by atoms with van der Waals surface area (Å²) < 4.78 is 0. The molecule has 1 aliphatic rings. The normalized spacial score (nSPS) is 20.3. The fraction of sp³-hybridized carbons (Fsp3) is 0.500. The molecule has 1 saturated heterocycles. The summed E-state index contributed by atoms with van der Waals surface area (Å²) in [5.41, 5.74) is 0. The average Bonchev–Trinajstić information content (AvgIpc) is 2.77. The Labute approximate surface area is 102 Å². The van der Waals surface area contributed by atoms with Gasteiger partial charge in [0.25, 0.3) is 5.91 Å². The van der Waals surface area contributed by atoms with Crippen LogP contribution in [0.15, 0.2) is 12.1 Å². The maximum Gasteiger partial charge on any atom is 0.324 e. The van der Waals surface area contributed by atoms with Crippen LogP contribution in [0.4, 0.5) is 5.00 Å². The van der Waals surface area contributed by atoms with Crippen LogP contribution in [0.2, 0.25) is 0 Å². The van der Waals surface area contributed by atoms with Gasteiger partial charge in [0.05, 0.1) is 15.9 Å². The zero-order valence-electron chi connectivity index (χ0n) is 9.04. The SMILES string of the molecule is O=C(c1ccc([N+](=O)[O-])s1)N1CCC[C@H](O)C1. The zero-order chi connectivity index (χ0) is 12.4. The lowest BCUT2D eigenvalue weighted by atomic mass is 10.1. The number of nitrogens with zero attached hydrogens (tertiary/aromatic N) is 2. The van der Waals surface area contributed by atoms with Gasteiger partial charge >= 0.3 is 5.00 Å². The van der Waals surface area contributed by atoms with Crippen molar-refractivity contribution in [2.75, 3.05) is 13.1 Å². The monoisotopic (exact) mass is 256 g/mol. The van der Waals surface area contributed by atoms with E-state index in [0.717, 1.165) is 17.8 Å². The first-order valence-electron chi connectivity index (χ1n) is 5.29. The minimum absolute atomic E-state index is 0.0362. The summed E-state index contributed by atoms with van der Waals surface area (Å²) in [4.78, 5) is 23.9. The van der Waals surface area contributed by atoms with Crippen LogP contribution < -0.4 is 0 Å². The van der Waals surface area contributed by atoms with E-state index < -0.39 is 11.0 Å². The van der Waals surface area contributed by atoms with Crippen LogP contribution in [-0.4, -0.2) is 40.0 Å². The fourth-order valence-electron chi connectivity index (χ4n) is 1.84. The van der Waals surface area contributed by atoms with E-state index in [4.69, 9.17) is 0 Å². The molecule has 1 fully saturated rings. The molecule has 0 spiro atoms. The lowest BCUT2D eigenvalue weighted by Crippen LogP contribution is -2.41. The van der Waals surface area contributed by atoms with Crippen LogP contribution in [0.25, 0.3) is 0 Å². The second-order valence-electron chi connectivity index (χ2n) is 3.94. The number of hydrogen-bond donors (Lipinski definition) is 1. The molecule has 1 N–H and O–H groups in total. The molecule has 2 rings (SSSR count). The molecule has 6 nitrogen and oxygen atoms in total. The molecule has 1 aliphatic heterocycles. The Morgan fingerprint density at radius 3 is 2.94 bits per heavy atom. The number of likely N-dealkylation sites (tertiary alicyclic amines) is 1. The summed E-state index contributed by atoms with van der Waals surface area (Å²) in [6.45, 7) is 0.909. The molecule has 0 aromatic carbocycles.